The van der Waals surface area contributed by atoms with E-state index in [1.807, 2.05) is 11.8 Å². The highest BCUT2D eigenvalue weighted by molar-refractivity contribution is 5.89. The largest absolute Gasteiger partial charge is 0.478 e. The Kier molecular flexibility index (Phi) is 11.9. The van der Waals surface area contributed by atoms with Gasteiger partial charge < -0.3 is 24.7 Å². The van der Waals surface area contributed by atoms with Crippen LogP contribution in [0.1, 0.15) is 24.9 Å². The van der Waals surface area contributed by atoms with Gasteiger partial charge in [0, 0.05) is 44.4 Å². The lowest BCUT2D eigenvalue weighted by molar-refractivity contribution is -0.134. The van der Waals surface area contributed by atoms with Gasteiger partial charge in [0.2, 0.25) is 0 Å². The van der Waals surface area contributed by atoms with Crippen molar-refractivity contribution in [3.05, 3.63) is 48.0 Å². The maximum Gasteiger partial charge on any atom is 0.409 e. The third-order valence-electron chi connectivity index (χ3n) is 4.68. The normalized spacial score (nSPS) is 15.3. The molecule has 9 heteroatoms. The van der Waals surface area contributed by atoms with Gasteiger partial charge >= 0.3 is 18.0 Å². The number of carbonyl (C=O) groups excluding carboxylic acids is 1. The number of carboxylic acids is 2. The topological polar surface area (TPSA) is 111 Å². The molecular weight excluding hydrogens is 402 g/mol. The van der Waals surface area contributed by atoms with Crippen LogP contribution in [-0.2, 0) is 14.3 Å². The van der Waals surface area contributed by atoms with E-state index in [4.69, 9.17) is 14.9 Å². The van der Waals surface area contributed by atoms with Crippen LogP contribution >= 0.6 is 0 Å². The summed E-state index contributed by atoms with van der Waals surface area (Å²) >= 11 is 0. The highest BCUT2D eigenvalue weighted by Crippen LogP contribution is 2.25. The fraction of sp³-hybridized carbons (Fsp3) is 0.500. The zero-order chi connectivity index (χ0) is 23.2. The van der Waals surface area contributed by atoms with Crippen LogP contribution in [0.3, 0.4) is 0 Å². The minimum Gasteiger partial charge on any atom is -0.478 e. The van der Waals surface area contributed by atoms with Gasteiger partial charge in [-0.15, -0.1) is 0 Å². The van der Waals surface area contributed by atoms with E-state index in [2.05, 4.69) is 54.2 Å². The summed E-state index contributed by atoms with van der Waals surface area (Å²) in [6, 6.07) is 11.1. The Morgan fingerprint density at radius 1 is 1.03 bits per heavy atom. The van der Waals surface area contributed by atoms with Gasteiger partial charge in [0.15, 0.2) is 0 Å². The molecule has 1 saturated heterocycles. The van der Waals surface area contributed by atoms with Gasteiger partial charge in [-0.1, -0.05) is 30.3 Å². The molecule has 0 radical (unpaired) electrons. The predicted molar refractivity (Wildman–Crippen MR) is 117 cm³/mol. The quantitative estimate of drug-likeness (QED) is 0.598. The number of carboxylic acid groups (broad SMARTS) is 2. The molecule has 172 valence electrons. The van der Waals surface area contributed by atoms with Crippen molar-refractivity contribution in [3.63, 3.8) is 0 Å². The van der Waals surface area contributed by atoms with E-state index in [0.29, 0.717) is 24.8 Å². The first-order valence-corrected chi connectivity index (χ1v) is 10.2. The summed E-state index contributed by atoms with van der Waals surface area (Å²) < 4.78 is 5.10. The van der Waals surface area contributed by atoms with Crippen molar-refractivity contribution in [2.75, 3.05) is 53.4 Å². The molecular formula is C22H33N3O6. The lowest BCUT2D eigenvalue weighted by atomic mass is 10.0. The molecule has 1 fully saturated rings. The molecule has 1 atom stereocenters. The second kappa shape index (κ2) is 14.2. The first-order chi connectivity index (χ1) is 14.7. The van der Waals surface area contributed by atoms with E-state index in [1.165, 1.54) is 5.56 Å². The summed E-state index contributed by atoms with van der Waals surface area (Å²) in [6.07, 6.45) is 2.03. The van der Waals surface area contributed by atoms with Crippen molar-refractivity contribution in [2.24, 2.45) is 0 Å². The Labute approximate surface area is 183 Å². The van der Waals surface area contributed by atoms with Crippen molar-refractivity contribution in [3.8, 4) is 0 Å². The second-order valence-corrected chi connectivity index (χ2v) is 7.25. The summed E-state index contributed by atoms with van der Waals surface area (Å²) in [5.41, 5.74) is 1.36. The first-order valence-electron chi connectivity index (χ1n) is 10.2. The molecule has 0 bridgehead atoms. The summed E-state index contributed by atoms with van der Waals surface area (Å²) in [5, 5.41) is 15.6. The van der Waals surface area contributed by atoms with Crippen molar-refractivity contribution in [1.82, 2.24) is 14.7 Å². The van der Waals surface area contributed by atoms with Gasteiger partial charge in [0.05, 0.1) is 6.61 Å². The summed E-state index contributed by atoms with van der Waals surface area (Å²) in [4.78, 5) is 37.5. The number of carbonyl (C=O) groups is 3. The molecule has 0 spiro atoms. The third kappa shape index (κ3) is 10.6. The lowest BCUT2D eigenvalue weighted by Gasteiger charge is -2.39. The summed E-state index contributed by atoms with van der Waals surface area (Å²) in [5.74, 6) is -2.51. The smallest absolute Gasteiger partial charge is 0.409 e. The maximum atomic E-state index is 11.8. The van der Waals surface area contributed by atoms with Crippen LogP contribution in [0, 0.1) is 0 Å². The molecule has 1 amide bonds. The number of aliphatic carboxylic acids is 2. The Bertz CT molecular complexity index is 699. The van der Waals surface area contributed by atoms with Crippen molar-refractivity contribution in [2.45, 2.75) is 19.4 Å². The average molecular weight is 436 g/mol. The van der Waals surface area contributed by atoms with Crippen molar-refractivity contribution >= 4 is 18.0 Å². The van der Waals surface area contributed by atoms with Gasteiger partial charge in [-0.05, 0) is 39.5 Å². The molecule has 2 N–H and O–H groups in total. The van der Waals surface area contributed by atoms with E-state index in [9.17, 15) is 14.4 Å². The fourth-order valence-corrected chi connectivity index (χ4v) is 3.19. The highest BCUT2D eigenvalue weighted by Gasteiger charge is 2.27. The van der Waals surface area contributed by atoms with Crippen LogP contribution in [0.2, 0.25) is 0 Å². The van der Waals surface area contributed by atoms with E-state index in [-0.39, 0.29) is 6.09 Å². The third-order valence-corrected chi connectivity index (χ3v) is 4.68. The van der Waals surface area contributed by atoms with Crippen molar-refractivity contribution < 1.29 is 29.3 Å². The molecule has 1 aromatic carbocycles. The molecule has 1 aliphatic heterocycles. The van der Waals surface area contributed by atoms with Crippen LogP contribution in [0.15, 0.2) is 42.5 Å². The lowest BCUT2D eigenvalue weighted by Crippen LogP contribution is -2.50. The number of rotatable bonds is 8. The van der Waals surface area contributed by atoms with E-state index < -0.39 is 11.9 Å². The molecule has 0 aromatic heterocycles. The fourth-order valence-electron chi connectivity index (χ4n) is 3.19. The van der Waals surface area contributed by atoms with E-state index in [1.54, 1.807) is 0 Å². The number of benzene rings is 1. The predicted octanol–water partition coefficient (Wildman–Crippen LogP) is 2.17. The molecule has 1 aromatic rings. The Morgan fingerprint density at radius 2 is 1.58 bits per heavy atom. The molecule has 2 rings (SSSR count). The number of ether oxygens (including phenoxy) is 1. The standard InChI is InChI=1S/C18H29N3O2.C4H4O4/c1-4-23-18(22)21-14-12-20(13-15-21)17(10-11-19(2)3)16-8-6-5-7-9-16;5-3(6)1-2-4(7)8/h5-9,17H,4,10-15H2,1-3H3;1-2H,(H,5,6)(H,7,8)/b;2-1-. The molecule has 9 nitrogen and oxygen atoms in total. The molecule has 31 heavy (non-hydrogen) atoms. The SMILES string of the molecule is CCOC(=O)N1CCN(C(CCN(C)C)c2ccccc2)CC1.O=C(O)/C=C\C(=O)O. The Balaban J connectivity index is 0.000000512. The molecule has 1 aliphatic rings. The van der Waals surface area contributed by atoms with Crippen LogP contribution in [0.4, 0.5) is 4.79 Å². The number of nitrogens with zero attached hydrogens (tertiary/aromatic N) is 3. The minimum absolute atomic E-state index is 0.184. The van der Waals surface area contributed by atoms with Gasteiger partial charge in [0.25, 0.3) is 0 Å². The zero-order valence-electron chi connectivity index (χ0n) is 18.4. The van der Waals surface area contributed by atoms with Gasteiger partial charge in [0.1, 0.15) is 0 Å². The molecule has 0 saturated carbocycles. The van der Waals surface area contributed by atoms with Gasteiger partial charge in [-0.3, -0.25) is 4.90 Å². The number of hydrogen-bond donors (Lipinski definition) is 2. The van der Waals surface area contributed by atoms with E-state index in [0.717, 1.165) is 39.1 Å². The summed E-state index contributed by atoms with van der Waals surface area (Å²) in [7, 11) is 4.22. The van der Waals surface area contributed by atoms with Crippen LogP contribution in [-0.4, -0.2) is 96.4 Å². The Morgan fingerprint density at radius 3 is 2.03 bits per heavy atom. The second-order valence-electron chi connectivity index (χ2n) is 7.25. The van der Waals surface area contributed by atoms with Crippen molar-refractivity contribution in [1.29, 1.82) is 0 Å². The highest BCUT2D eigenvalue weighted by atomic mass is 16.6. The number of piperazine rings is 1. The molecule has 1 unspecified atom stereocenters. The minimum atomic E-state index is -1.26. The van der Waals surface area contributed by atoms with Crippen LogP contribution in [0.5, 0.6) is 0 Å². The van der Waals surface area contributed by atoms with Crippen LogP contribution < -0.4 is 0 Å². The van der Waals surface area contributed by atoms with Gasteiger partial charge in [-0.2, -0.15) is 0 Å². The maximum absolute atomic E-state index is 11.8. The molecule has 0 aliphatic carbocycles. The van der Waals surface area contributed by atoms with E-state index >= 15 is 0 Å². The summed E-state index contributed by atoms with van der Waals surface area (Å²) in [6.45, 7) is 6.61. The zero-order valence-corrected chi connectivity index (χ0v) is 18.4. The number of amides is 1. The first kappa shape index (κ1) is 26.1. The van der Waals surface area contributed by atoms with Gasteiger partial charge in [-0.25, -0.2) is 14.4 Å². The molecule has 1 heterocycles. The Hall–Kier alpha value is -2.91. The van der Waals surface area contributed by atoms with Crippen LogP contribution in [0.25, 0.3) is 0 Å². The monoisotopic (exact) mass is 435 g/mol. The average Bonchev–Trinajstić information content (AvgIpc) is 2.74. The number of hydrogen-bond acceptors (Lipinski definition) is 6.